The molecule has 1 aromatic heterocycles. The molecule has 78 valence electrons. The molecular formula is C10H17N3O. The van der Waals surface area contributed by atoms with E-state index in [4.69, 9.17) is 0 Å². The molecule has 0 bridgehead atoms. The summed E-state index contributed by atoms with van der Waals surface area (Å²) in [5, 5.41) is 2.84. The maximum Gasteiger partial charge on any atom is 0.236 e. The maximum atomic E-state index is 11.4. The van der Waals surface area contributed by atoms with E-state index >= 15 is 0 Å². The van der Waals surface area contributed by atoms with E-state index in [-0.39, 0.29) is 5.91 Å². The summed E-state index contributed by atoms with van der Waals surface area (Å²) >= 11 is 0. The Morgan fingerprint density at radius 2 is 2.43 bits per heavy atom. The summed E-state index contributed by atoms with van der Waals surface area (Å²) in [6.45, 7) is 1.16. The first-order valence-corrected chi connectivity index (χ1v) is 4.75. The summed E-state index contributed by atoms with van der Waals surface area (Å²) < 4.78 is 0. The van der Waals surface area contributed by atoms with Crippen LogP contribution in [0.25, 0.3) is 0 Å². The molecule has 0 atom stereocenters. The van der Waals surface area contributed by atoms with Gasteiger partial charge >= 0.3 is 0 Å². The number of hydrogen-bond acceptors (Lipinski definition) is 2. The lowest BCUT2D eigenvalue weighted by molar-refractivity contribution is -0.128. The summed E-state index contributed by atoms with van der Waals surface area (Å²) in [6.07, 6.45) is 2.77. The van der Waals surface area contributed by atoms with Crippen molar-refractivity contribution in [1.29, 1.82) is 0 Å². The highest BCUT2D eigenvalue weighted by molar-refractivity contribution is 5.77. The van der Waals surface area contributed by atoms with Crippen molar-refractivity contribution in [3.63, 3.8) is 0 Å². The number of carbonyl (C=O) groups is 1. The number of amides is 1. The molecule has 2 N–H and O–H groups in total. The van der Waals surface area contributed by atoms with Gasteiger partial charge in [0, 0.05) is 31.9 Å². The third-order valence-corrected chi connectivity index (χ3v) is 2.13. The highest BCUT2D eigenvalue weighted by Crippen LogP contribution is 1.97. The standard InChI is InChI=1S/C10H17N3O/c1-11-8-10(14)13(2)7-5-9-4-3-6-12-9/h3-4,6,11-12H,5,7-8H2,1-2H3. The van der Waals surface area contributed by atoms with Gasteiger partial charge in [-0.3, -0.25) is 4.79 Å². The molecule has 0 fully saturated rings. The van der Waals surface area contributed by atoms with Crippen LogP contribution in [-0.4, -0.2) is 43.0 Å². The van der Waals surface area contributed by atoms with Crippen LogP contribution in [0.1, 0.15) is 5.69 Å². The van der Waals surface area contributed by atoms with Gasteiger partial charge in [-0.15, -0.1) is 0 Å². The SMILES string of the molecule is CNCC(=O)N(C)CCc1ccc[nH]1. The number of H-pyrrole nitrogens is 1. The van der Waals surface area contributed by atoms with Crippen LogP contribution >= 0.6 is 0 Å². The first kappa shape index (κ1) is 10.8. The highest BCUT2D eigenvalue weighted by Gasteiger charge is 2.06. The molecule has 0 radical (unpaired) electrons. The van der Waals surface area contributed by atoms with Gasteiger partial charge in [0.1, 0.15) is 0 Å². The Morgan fingerprint density at radius 3 is 3.00 bits per heavy atom. The molecule has 1 amide bonds. The fourth-order valence-electron chi connectivity index (χ4n) is 1.22. The quantitative estimate of drug-likeness (QED) is 0.707. The number of aromatic amines is 1. The van der Waals surface area contributed by atoms with Crippen molar-refractivity contribution in [2.75, 3.05) is 27.2 Å². The number of likely N-dealkylation sites (N-methyl/N-ethyl adjacent to an activating group) is 2. The lowest BCUT2D eigenvalue weighted by Gasteiger charge is -2.16. The van der Waals surface area contributed by atoms with E-state index in [9.17, 15) is 4.79 Å². The Bertz CT molecular complexity index is 269. The van der Waals surface area contributed by atoms with Gasteiger partial charge in [0.25, 0.3) is 0 Å². The summed E-state index contributed by atoms with van der Waals surface area (Å²) in [6, 6.07) is 3.99. The molecule has 4 nitrogen and oxygen atoms in total. The summed E-state index contributed by atoms with van der Waals surface area (Å²) in [5.41, 5.74) is 1.16. The molecule has 0 saturated carbocycles. The van der Waals surface area contributed by atoms with Gasteiger partial charge in [0.2, 0.25) is 5.91 Å². The molecule has 1 aromatic rings. The predicted octanol–water partition coefficient (Wildman–Crippen LogP) is 0.235. The van der Waals surface area contributed by atoms with Gasteiger partial charge in [-0.2, -0.15) is 0 Å². The molecule has 1 rings (SSSR count). The Morgan fingerprint density at radius 1 is 1.64 bits per heavy atom. The van der Waals surface area contributed by atoms with Crippen molar-refractivity contribution in [2.24, 2.45) is 0 Å². The number of carbonyl (C=O) groups excluding carboxylic acids is 1. The van der Waals surface area contributed by atoms with Crippen LogP contribution in [0.15, 0.2) is 18.3 Å². The average molecular weight is 195 g/mol. The van der Waals surface area contributed by atoms with Crippen LogP contribution in [0.2, 0.25) is 0 Å². The minimum Gasteiger partial charge on any atom is -0.365 e. The lowest BCUT2D eigenvalue weighted by atomic mass is 10.3. The van der Waals surface area contributed by atoms with Crippen LogP contribution < -0.4 is 5.32 Å². The molecule has 0 unspecified atom stereocenters. The van der Waals surface area contributed by atoms with Gasteiger partial charge in [-0.1, -0.05) is 0 Å². The third-order valence-electron chi connectivity index (χ3n) is 2.13. The fraction of sp³-hybridized carbons (Fsp3) is 0.500. The van der Waals surface area contributed by atoms with Crippen LogP contribution in [0.4, 0.5) is 0 Å². The van der Waals surface area contributed by atoms with Crippen molar-refractivity contribution in [2.45, 2.75) is 6.42 Å². The van der Waals surface area contributed by atoms with E-state index in [1.165, 1.54) is 0 Å². The molecule has 0 aliphatic carbocycles. The Balaban J connectivity index is 2.27. The van der Waals surface area contributed by atoms with Gasteiger partial charge in [-0.25, -0.2) is 0 Å². The number of nitrogens with zero attached hydrogens (tertiary/aromatic N) is 1. The van der Waals surface area contributed by atoms with Crippen molar-refractivity contribution >= 4 is 5.91 Å². The molecular weight excluding hydrogens is 178 g/mol. The molecule has 1 heterocycles. The second-order valence-corrected chi connectivity index (χ2v) is 3.29. The van der Waals surface area contributed by atoms with Gasteiger partial charge in [0.15, 0.2) is 0 Å². The monoisotopic (exact) mass is 195 g/mol. The Kier molecular flexibility index (Phi) is 4.19. The van der Waals surface area contributed by atoms with Gasteiger partial charge < -0.3 is 15.2 Å². The van der Waals surface area contributed by atoms with Crippen LogP contribution in [-0.2, 0) is 11.2 Å². The Hall–Kier alpha value is -1.29. The van der Waals surface area contributed by atoms with E-state index in [0.29, 0.717) is 6.54 Å². The predicted molar refractivity (Wildman–Crippen MR) is 56.1 cm³/mol. The van der Waals surface area contributed by atoms with Gasteiger partial charge in [-0.05, 0) is 19.2 Å². The fourth-order valence-corrected chi connectivity index (χ4v) is 1.22. The second kappa shape index (κ2) is 5.44. The summed E-state index contributed by atoms with van der Waals surface area (Å²) in [5.74, 6) is 0.124. The second-order valence-electron chi connectivity index (χ2n) is 3.29. The summed E-state index contributed by atoms with van der Waals surface area (Å²) in [4.78, 5) is 16.2. The van der Waals surface area contributed by atoms with E-state index in [1.54, 1.807) is 11.9 Å². The van der Waals surface area contributed by atoms with E-state index in [0.717, 1.165) is 18.7 Å². The number of aromatic nitrogens is 1. The largest absolute Gasteiger partial charge is 0.365 e. The summed E-state index contributed by atoms with van der Waals surface area (Å²) in [7, 11) is 3.60. The normalized spacial score (nSPS) is 10.1. The minimum atomic E-state index is 0.124. The minimum absolute atomic E-state index is 0.124. The van der Waals surface area contributed by atoms with Gasteiger partial charge in [0.05, 0.1) is 6.54 Å². The van der Waals surface area contributed by atoms with E-state index in [1.807, 2.05) is 25.4 Å². The lowest BCUT2D eigenvalue weighted by Crippen LogP contribution is -2.35. The van der Waals surface area contributed by atoms with Crippen LogP contribution in [0.5, 0.6) is 0 Å². The molecule has 0 aliphatic heterocycles. The van der Waals surface area contributed by atoms with E-state index < -0.39 is 0 Å². The van der Waals surface area contributed by atoms with E-state index in [2.05, 4.69) is 10.3 Å². The van der Waals surface area contributed by atoms with Crippen molar-refractivity contribution in [1.82, 2.24) is 15.2 Å². The molecule has 0 aliphatic rings. The number of rotatable bonds is 5. The van der Waals surface area contributed by atoms with Crippen LogP contribution in [0, 0.1) is 0 Å². The number of hydrogen-bond donors (Lipinski definition) is 2. The smallest absolute Gasteiger partial charge is 0.236 e. The molecule has 0 aromatic carbocycles. The zero-order valence-corrected chi connectivity index (χ0v) is 8.71. The maximum absolute atomic E-state index is 11.4. The number of nitrogens with one attached hydrogen (secondary N) is 2. The first-order chi connectivity index (χ1) is 6.74. The Labute approximate surface area is 84.3 Å². The van der Waals surface area contributed by atoms with Crippen LogP contribution in [0.3, 0.4) is 0 Å². The average Bonchev–Trinajstić information content (AvgIpc) is 2.67. The topological polar surface area (TPSA) is 48.1 Å². The van der Waals surface area contributed by atoms with Crippen molar-refractivity contribution in [3.05, 3.63) is 24.0 Å². The molecule has 14 heavy (non-hydrogen) atoms. The third kappa shape index (κ3) is 3.22. The van der Waals surface area contributed by atoms with Crippen molar-refractivity contribution < 1.29 is 4.79 Å². The molecule has 0 spiro atoms. The first-order valence-electron chi connectivity index (χ1n) is 4.75. The molecule has 4 heteroatoms. The molecule has 0 saturated heterocycles. The van der Waals surface area contributed by atoms with Crippen molar-refractivity contribution in [3.8, 4) is 0 Å². The highest BCUT2D eigenvalue weighted by atomic mass is 16.2. The zero-order valence-electron chi connectivity index (χ0n) is 8.71. The zero-order chi connectivity index (χ0) is 10.4.